The van der Waals surface area contributed by atoms with Crippen molar-refractivity contribution in [2.24, 2.45) is 0 Å². The molecule has 2 aromatic carbocycles. The molecule has 0 N–H and O–H groups in total. The Morgan fingerprint density at radius 2 is 1.60 bits per heavy atom. The van der Waals surface area contributed by atoms with Crippen LogP contribution in [0.5, 0.6) is 0 Å². The Morgan fingerprint density at radius 3 is 2.33 bits per heavy atom. The number of carbonyl (C=O) groups excluding carboxylic acids is 1. The molecule has 0 radical (unpaired) electrons. The highest BCUT2D eigenvalue weighted by molar-refractivity contribution is 7.18. The van der Waals surface area contributed by atoms with Crippen LogP contribution >= 0.6 is 11.3 Å². The minimum atomic E-state index is 0.283. The van der Waals surface area contributed by atoms with E-state index in [1.165, 1.54) is 15.4 Å². The van der Waals surface area contributed by atoms with Gasteiger partial charge >= 0.3 is 0 Å². The summed E-state index contributed by atoms with van der Waals surface area (Å²) < 4.78 is 1.26. The summed E-state index contributed by atoms with van der Waals surface area (Å²) in [6, 6.07) is 18.9. The molecule has 2 fully saturated rings. The number of amides is 1. The molecule has 5 nitrogen and oxygen atoms in total. The molecule has 2 saturated heterocycles. The molecular weight excluding hydrogens is 392 g/mol. The van der Waals surface area contributed by atoms with Gasteiger partial charge in [-0.25, -0.2) is 4.98 Å². The number of benzene rings is 2. The monoisotopic (exact) mass is 420 g/mol. The molecule has 3 heterocycles. The summed E-state index contributed by atoms with van der Waals surface area (Å²) in [4.78, 5) is 24.5. The Labute approximate surface area is 181 Å². The molecule has 0 atom stereocenters. The maximum atomic E-state index is 12.9. The van der Waals surface area contributed by atoms with E-state index >= 15 is 0 Å². The maximum Gasteiger partial charge on any atom is 0.236 e. The van der Waals surface area contributed by atoms with Crippen LogP contribution in [0.25, 0.3) is 10.2 Å². The first-order valence-electron chi connectivity index (χ1n) is 10.9. The lowest BCUT2D eigenvalue weighted by Gasteiger charge is -2.37. The van der Waals surface area contributed by atoms with Crippen LogP contribution in [0.3, 0.4) is 0 Å². The van der Waals surface area contributed by atoms with E-state index in [1.54, 1.807) is 0 Å². The number of hydrogen-bond donors (Lipinski definition) is 0. The molecule has 0 spiro atoms. The number of piperazine rings is 1. The highest BCUT2D eigenvalue weighted by atomic mass is 32.1. The van der Waals surface area contributed by atoms with Gasteiger partial charge in [-0.05, 0) is 37.1 Å². The summed E-state index contributed by atoms with van der Waals surface area (Å²) >= 11 is 1.81. The number of nitrogens with zero attached hydrogens (tertiary/aromatic N) is 4. The Hall–Kier alpha value is -2.44. The van der Waals surface area contributed by atoms with Gasteiger partial charge in [0.1, 0.15) is 0 Å². The lowest BCUT2D eigenvalue weighted by atomic mass is 9.97. The van der Waals surface area contributed by atoms with Gasteiger partial charge in [0, 0.05) is 50.9 Å². The predicted molar refractivity (Wildman–Crippen MR) is 123 cm³/mol. The van der Waals surface area contributed by atoms with E-state index in [9.17, 15) is 4.79 Å². The molecule has 2 aliphatic rings. The van der Waals surface area contributed by atoms with E-state index in [-0.39, 0.29) is 5.91 Å². The molecule has 1 aromatic heterocycles. The third-order valence-electron chi connectivity index (χ3n) is 6.36. The third-order valence-corrected chi connectivity index (χ3v) is 7.56. The molecule has 0 saturated carbocycles. The first-order valence-corrected chi connectivity index (χ1v) is 11.7. The molecule has 5 rings (SSSR count). The van der Waals surface area contributed by atoms with Crippen LogP contribution in [0.2, 0.25) is 0 Å². The number of hydrogen-bond acceptors (Lipinski definition) is 5. The average molecular weight is 421 g/mol. The van der Waals surface area contributed by atoms with Crippen molar-refractivity contribution in [2.45, 2.75) is 18.8 Å². The fraction of sp³-hybridized carbons (Fsp3) is 0.417. The molecule has 0 bridgehead atoms. The largest absolute Gasteiger partial charge is 0.369 e. The van der Waals surface area contributed by atoms with Crippen LogP contribution in [-0.4, -0.2) is 66.5 Å². The van der Waals surface area contributed by atoms with Gasteiger partial charge in [-0.15, -0.1) is 11.3 Å². The zero-order valence-corrected chi connectivity index (χ0v) is 18.1. The van der Waals surface area contributed by atoms with Crippen molar-refractivity contribution < 1.29 is 4.79 Å². The number of thiazole rings is 1. The minimum Gasteiger partial charge on any atom is -0.369 e. The second-order valence-electron chi connectivity index (χ2n) is 8.27. The molecule has 2 aliphatic heterocycles. The van der Waals surface area contributed by atoms with Gasteiger partial charge in [0.2, 0.25) is 5.91 Å². The van der Waals surface area contributed by atoms with Crippen molar-refractivity contribution in [1.82, 2.24) is 14.8 Å². The molecule has 0 unspecified atom stereocenters. The number of carbonyl (C=O) groups is 1. The van der Waals surface area contributed by atoms with E-state index in [0.717, 1.165) is 57.6 Å². The van der Waals surface area contributed by atoms with Gasteiger partial charge in [0.15, 0.2) is 0 Å². The summed E-state index contributed by atoms with van der Waals surface area (Å²) in [5, 5.41) is 1.24. The van der Waals surface area contributed by atoms with E-state index < -0.39 is 0 Å². The Balaban J connectivity index is 1.10. The summed E-state index contributed by atoms with van der Waals surface area (Å²) in [7, 11) is 0. The molecule has 1 amide bonds. The van der Waals surface area contributed by atoms with Crippen molar-refractivity contribution in [1.29, 1.82) is 0 Å². The number of fused-ring (bicyclic) bond motifs is 1. The van der Waals surface area contributed by atoms with Crippen LogP contribution in [0.15, 0.2) is 54.6 Å². The van der Waals surface area contributed by atoms with E-state index in [1.807, 2.05) is 17.4 Å². The normalized spacial score (nSPS) is 18.8. The first-order chi connectivity index (χ1) is 14.8. The highest BCUT2D eigenvalue weighted by Gasteiger charge is 2.27. The van der Waals surface area contributed by atoms with Gasteiger partial charge in [-0.2, -0.15) is 0 Å². The van der Waals surface area contributed by atoms with E-state index in [2.05, 4.69) is 63.2 Å². The number of likely N-dealkylation sites (tertiary alicyclic amines) is 1. The van der Waals surface area contributed by atoms with Crippen LogP contribution in [0.1, 0.15) is 23.8 Å². The topological polar surface area (TPSA) is 39.7 Å². The van der Waals surface area contributed by atoms with Crippen molar-refractivity contribution in [3.63, 3.8) is 0 Å². The predicted octanol–water partition coefficient (Wildman–Crippen LogP) is 3.82. The summed E-state index contributed by atoms with van der Waals surface area (Å²) in [6.45, 7) is 6.11. The van der Waals surface area contributed by atoms with Crippen LogP contribution in [0, 0.1) is 0 Å². The van der Waals surface area contributed by atoms with Crippen molar-refractivity contribution >= 4 is 33.1 Å². The fourth-order valence-electron chi connectivity index (χ4n) is 4.53. The van der Waals surface area contributed by atoms with Crippen LogP contribution in [-0.2, 0) is 4.79 Å². The molecule has 6 heteroatoms. The number of anilines is 1. The number of aromatic nitrogens is 1. The summed E-state index contributed by atoms with van der Waals surface area (Å²) in [5.74, 6) is 0.770. The Morgan fingerprint density at radius 1 is 0.900 bits per heavy atom. The fourth-order valence-corrected chi connectivity index (χ4v) is 5.67. The summed E-state index contributed by atoms with van der Waals surface area (Å²) in [5.41, 5.74) is 2.38. The zero-order chi connectivity index (χ0) is 20.3. The third kappa shape index (κ3) is 4.20. The number of piperidine rings is 1. The van der Waals surface area contributed by atoms with Crippen molar-refractivity contribution in [3.8, 4) is 0 Å². The first kappa shape index (κ1) is 19.5. The van der Waals surface area contributed by atoms with Gasteiger partial charge < -0.3 is 9.80 Å². The van der Waals surface area contributed by atoms with E-state index in [4.69, 9.17) is 4.98 Å². The van der Waals surface area contributed by atoms with Crippen molar-refractivity contribution in [2.75, 3.05) is 50.7 Å². The van der Waals surface area contributed by atoms with E-state index in [0.29, 0.717) is 12.5 Å². The van der Waals surface area contributed by atoms with Gasteiger partial charge in [-0.3, -0.25) is 9.69 Å². The maximum absolute atomic E-state index is 12.9. The Bertz CT molecular complexity index is 956. The van der Waals surface area contributed by atoms with Crippen LogP contribution < -0.4 is 4.90 Å². The molecule has 3 aromatic rings. The molecule has 156 valence electrons. The smallest absolute Gasteiger partial charge is 0.236 e. The summed E-state index contributed by atoms with van der Waals surface area (Å²) in [6.07, 6.45) is 2.04. The van der Waals surface area contributed by atoms with Gasteiger partial charge in [0.25, 0.3) is 0 Å². The molecule has 30 heavy (non-hydrogen) atoms. The minimum absolute atomic E-state index is 0.283. The Kier molecular flexibility index (Phi) is 5.69. The number of rotatable bonds is 4. The second-order valence-corrected chi connectivity index (χ2v) is 9.34. The average Bonchev–Trinajstić information content (AvgIpc) is 3.25. The lowest BCUT2D eigenvalue weighted by Crippen LogP contribution is -2.51. The van der Waals surface area contributed by atoms with Gasteiger partial charge in [-0.1, -0.05) is 30.3 Å². The molecular formula is C24H28N4OS. The molecule has 0 aliphatic carbocycles. The number of para-hydroxylation sites is 2. The van der Waals surface area contributed by atoms with Crippen LogP contribution in [0.4, 0.5) is 5.69 Å². The van der Waals surface area contributed by atoms with Crippen molar-refractivity contribution in [3.05, 3.63) is 59.6 Å². The van der Waals surface area contributed by atoms with Gasteiger partial charge in [0.05, 0.1) is 21.8 Å². The SMILES string of the molecule is O=C(CN1CCN(c2ccccc2)CC1)N1CCC(c2nc3ccccc3s2)CC1. The second kappa shape index (κ2) is 8.74. The quantitative estimate of drug-likeness (QED) is 0.643. The zero-order valence-electron chi connectivity index (χ0n) is 17.2. The standard InChI is InChI=1S/C24H28N4OS/c29-23(18-26-14-16-27(17-15-26)20-6-2-1-3-7-20)28-12-10-19(11-13-28)24-25-21-8-4-5-9-22(21)30-24/h1-9,19H,10-18H2. The lowest BCUT2D eigenvalue weighted by molar-refractivity contribution is -0.133. The highest BCUT2D eigenvalue weighted by Crippen LogP contribution is 2.33.